The van der Waals surface area contributed by atoms with Crippen LogP contribution in [0.3, 0.4) is 0 Å². The summed E-state index contributed by atoms with van der Waals surface area (Å²) in [6.07, 6.45) is 3.55. The van der Waals surface area contributed by atoms with Crippen molar-refractivity contribution in [2.45, 2.75) is 25.3 Å². The quantitative estimate of drug-likeness (QED) is 0.918. The van der Waals surface area contributed by atoms with E-state index >= 15 is 0 Å². The molecule has 1 aliphatic heterocycles. The van der Waals surface area contributed by atoms with Gasteiger partial charge in [0.1, 0.15) is 0 Å². The van der Waals surface area contributed by atoms with Crippen molar-refractivity contribution in [3.05, 3.63) is 48.0 Å². The van der Waals surface area contributed by atoms with Crippen molar-refractivity contribution in [1.82, 2.24) is 5.32 Å². The number of nitrogens with one attached hydrogen (secondary N) is 1. The molecule has 0 saturated carbocycles. The molecule has 1 N–H and O–H groups in total. The zero-order valence-electron chi connectivity index (χ0n) is 12.1. The lowest BCUT2D eigenvalue weighted by Gasteiger charge is -2.30. The Bertz CT molecular complexity index is 560. The first-order chi connectivity index (χ1) is 9.86. The van der Waals surface area contributed by atoms with Gasteiger partial charge in [0, 0.05) is 12.6 Å². The monoisotopic (exact) mass is 269 g/mol. The molecule has 1 aliphatic rings. The van der Waals surface area contributed by atoms with E-state index in [-0.39, 0.29) is 0 Å². The standard InChI is InChI=1S/C18H23NO/c1-19-18(17-7-4-10-20-13-17)12-14-8-9-15-5-2-3-6-16(15)11-14/h2-3,5-6,8-9,11,17-19H,4,7,10,12-13H2,1H3. The third kappa shape index (κ3) is 3.02. The number of hydrogen-bond donors (Lipinski definition) is 1. The Morgan fingerprint density at radius 1 is 1.20 bits per heavy atom. The maximum absolute atomic E-state index is 5.63. The number of rotatable bonds is 4. The highest BCUT2D eigenvalue weighted by Gasteiger charge is 2.23. The van der Waals surface area contributed by atoms with Crippen LogP contribution in [0.2, 0.25) is 0 Å². The van der Waals surface area contributed by atoms with E-state index in [1.807, 2.05) is 0 Å². The maximum atomic E-state index is 5.63. The molecule has 0 aromatic heterocycles. The zero-order valence-corrected chi connectivity index (χ0v) is 12.1. The van der Waals surface area contributed by atoms with Crippen LogP contribution in [0.15, 0.2) is 42.5 Å². The number of likely N-dealkylation sites (N-methyl/N-ethyl adjacent to an activating group) is 1. The van der Waals surface area contributed by atoms with E-state index in [0.29, 0.717) is 12.0 Å². The fourth-order valence-electron chi connectivity index (χ4n) is 3.21. The summed E-state index contributed by atoms with van der Waals surface area (Å²) in [5.41, 5.74) is 1.41. The van der Waals surface area contributed by atoms with Crippen LogP contribution in [0.25, 0.3) is 10.8 Å². The maximum Gasteiger partial charge on any atom is 0.0509 e. The van der Waals surface area contributed by atoms with Gasteiger partial charge >= 0.3 is 0 Å². The van der Waals surface area contributed by atoms with Gasteiger partial charge in [-0.25, -0.2) is 0 Å². The molecule has 0 spiro atoms. The third-order valence-corrected chi connectivity index (χ3v) is 4.40. The van der Waals surface area contributed by atoms with E-state index in [4.69, 9.17) is 4.74 Å². The van der Waals surface area contributed by atoms with Crippen molar-refractivity contribution in [3.8, 4) is 0 Å². The summed E-state index contributed by atoms with van der Waals surface area (Å²) >= 11 is 0. The highest BCUT2D eigenvalue weighted by atomic mass is 16.5. The van der Waals surface area contributed by atoms with Crippen molar-refractivity contribution in [2.24, 2.45) is 5.92 Å². The number of benzene rings is 2. The fourth-order valence-corrected chi connectivity index (χ4v) is 3.21. The highest BCUT2D eigenvalue weighted by molar-refractivity contribution is 5.82. The first-order valence-corrected chi connectivity index (χ1v) is 7.59. The molecule has 0 amide bonds. The minimum absolute atomic E-state index is 0.511. The summed E-state index contributed by atoms with van der Waals surface area (Å²) in [5, 5.41) is 6.14. The SMILES string of the molecule is CNC(Cc1ccc2ccccc2c1)C1CCCOC1. The Morgan fingerprint density at radius 3 is 2.80 bits per heavy atom. The largest absolute Gasteiger partial charge is 0.381 e. The van der Waals surface area contributed by atoms with Crippen LogP contribution in [-0.2, 0) is 11.2 Å². The Hall–Kier alpha value is -1.38. The lowest BCUT2D eigenvalue weighted by molar-refractivity contribution is 0.0405. The van der Waals surface area contributed by atoms with Crippen molar-refractivity contribution in [2.75, 3.05) is 20.3 Å². The summed E-state index contributed by atoms with van der Waals surface area (Å²) < 4.78 is 5.63. The summed E-state index contributed by atoms with van der Waals surface area (Å²) in [7, 11) is 2.07. The molecule has 0 bridgehead atoms. The van der Waals surface area contributed by atoms with Crippen LogP contribution < -0.4 is 5.32 Å². The number of fused-ring (bicyclic) bond motifs is 1. The molecule has 1 fully saturated rings. The Morgan fingerprint density at radius 2 is 2.05 bits per heavy atom. The summed E-state index contributed by atoms with van der Waals surface area (Å²) in [5.74, 6) is 0.639. The van der Waals surface area contributed by atoms with Crippen molar-refractivity contribution >= 4 is 10.8 Å². The van der Waals surface area contributed by atoms with E-state index in [1.54, 1.807) is 0 Å². The Kier molecular flexibility index (Phi) is 4.34. The Balaban J connectivity index is 1.76. The molecule has 2 nitrogen and oxygen atoms in total. The summed E-state index contributed by atoms with van der Waals surface area (Å²) in [4.78, 5) is 0. The Labute approximate surface area is 121 Å². The van der Waals surface area contributed by atoms with Gasteiger partial charge in [-0.1, -0.05) is 42.5 Å². The fraction of sp³-hybridized carbons (Fsp3) is 0.444. The smallest absolute Gasteiger partial charge is 0.0509 e. The van der Waals surface area contributed by atoms with Crippen LogP contribution in [0, 0.1) is 5.92 Å². The number of ether oxygens (including phenoxy) is 1. The molecule has 1 heterocycles. The van der Waals surface area contributed by atoms with Crippen LogP contribution in [0.5, 0.6) is 0 Å². The molecule has 2 aromatic rings. The van der Waals surface area contributed by atoms with Gasteiger partial charge in [-0.2, -0.15) is 0 Å². The van der Waals surface area contributed by atoms with E-state index in [9.17, 15) is 0 Å². The predicted molar refractivity (Wildman–Crippen MR) is 84.0 cm³/mol. The lowest BCUT2D eigenvalue weighted by Crippen LogP contribution is -2.39. The topological polar surface area (TPSA) is 21.3 Å². The van der Waals surface area contributed by atoms with Gasteiger partial charge < -0.3 is 10.1 Å². The average molecular weight is 269 g/mol. The second-order valence-corrected chi connectivity index (χ2v) is 5.76. The van der Waals surface area contributed by atoms with Crippen LogP contribution in [0.1, 0.15) is 18.4 Å². The van der Waals surface area contributed by atoms with Crippen molar-refractivity contribution in [3.63, 3.8) is 0 Å². The van der Waals surface area contributed by atoms with Gasteiger partial charge in [-0.3, -0.25) is 0 Å². The second kappa shape index (κ2) is 6.38. The first kappa shape index (κ1) is 13.6. The molecule has 0 radical (unpaired) electrons. The molecule has 1 saturated heterocycles. The van der Waals surface area contributed by atoms with Crippen LogP contribution >= 0.6 is 0 Å². The van der Waals surface area contributed by atoms with E-state index in [2.05, 4.69) is 54.8 Å². The lowest BCUT2D eigenvalue weighted by atomic mass is 9.89. The molecule has 3 rings (SSSR count). The van der Waals surface area contributed by atoms with Gasteiger partial charge in [0.25, 0.3) is 0 Å². The highest BCUT2D eigenvalue weighted by Crippen LogP contribution is 2.22. The molecule has 2 unspecified atom stereocenters. The van der Waals surface area contributed by atoms with Gasteiger partial charge in [0.05, 0.1) is 6.61 Å². The normalized spacial score (nSPS) is 20.9. The molecule has 106 valence electrons. The molecule has 0 aliphatic carbocycles. The van der Waals surface area contributed by atoms with E-state index in [1.165, 1.54) is 29.2 Å². The van der Waals surface area contributed by atoms with E-state index < -0.39 is 0 Å². The van der Waals surface area contributed by atoms with Crippen molar-refractivity contribution < 1.29 is 4.74 Å². The molecule has 2 aromatic carbocycles. The van der Waals surface area contributed by atoms with Gasteiger partial charge in [0.15, 0.2) is 0 Å². The minimum atomic E-state index is 0.511. The molecule has 2 heteroatoms. The minimum Gasteiger partial charge on any atom is -0.381 e. The van der Waals surface area contributed by atoms with Gasteiger partial charge in [-0.05, 0) is 48.6 Å². The molecule has 20 heavy (non-hydrogen) atoms. The van der Waals surface area contributed by atoms with Crippen LogP contribution in [0.4, 0.5) is 0 Å². The molecular weight excluding hydrogens is 246 g/mol. The third-order valence-electron chi connectivity index (χ3n) is 4.40. The first-order valence-electron chi connectivity index (χ1n) is 7.59. The summed E-state index contributed by atoms with van der Waals surface area (Å²) in [6, 6.07) is 15.9. The zero-order chi connectivity index (χ0) is 13.8. The van der Waals surface area contributed by atoms with E-state index in [0.717, 1.165) is 19.6 Å². The van der Waals surface area contributed by atoms with Gasteiger partial charge in [-0.15, -0.1) is 0 Å². The molecule has 2 atom stereocenters. The number of hydrogen-bond acceptors (Lipinski definition) is 2. The second-order valence-electron chi connectivity index (χ2n) is 5.76. The van der Waals surface area contributed by atoms with Gasteiger partial charge in [0.2, 0.25) is 0 Å². The van der Waals surface area contributed by atoms with Crippen LogP contribution in [-0.4, -0.2) is 26.3 Å². The predicted octanol–water partition coefficient (Wildman–Crippen LogP) is 3.40. The molecular formula is C18H23NO. The average Bonchev–Trinajstić information content (AvgIpc) is 2.53. The summed E-state index contributed by atoms with van der Waals surface area (Å²) in [6.45, 7) is 1.84. The van der Waals surface area contributed by atoms with Crippen molar-refractivity contribution in [1.29, 1.82) is 0 Å².